The molecule has 2 amide bonds. The van der Waals surface area contributed by atoms with Crippen LogP contribution in [0.5, 0.6) is 0 Å². The number of nitrogens with two attached hydrogens (primary N) is 3. The summed E-state index contributed by atoms with van der Waals surface area (Å²) in [7, 11) is -3.51. The number of anilines is 1. The van der Waals surface area contributed by atoms with E-state index in [2.05, 4.69) is 11.5 Å². The summed E-state index contributed by atoms with van der Waals surface area (Å²) in [5, 5.41) is 0. The van der Waals surface area contributed by atoms with Crippen molar-refractivity contribution in [2.45, 2.75) is 16.7 Å². The summed E-state index contributed by atoms with van der Waals surface area (Å²) in [6, 6.07) is 20.5. The minimum absolute atomic E-state index is 0.282. The van der Waals surface area contributed by atoms with Gasteiger partial charge in [-0.25, -0.2) is 13.2 Å². The van der Waals surface area contributed by atoms with Crippen LogP contribution < -0.4 is 17.2 Å². The molecule has 3 aromatic rings. The van der Waals surface area contributed by atoms with Gasteiger partial charge in [-0.2, -0.15) is 0 Å². The zero-order valence-electron chi connectivity index (χ0n) is 14.8. The molecule has 6 N–H and O–H groups in total. The van der Waals surface area contributed by atoms with E-state index in [0.717, 1.165) is 16.7 Å². The number of carbonyl (C=O) groups is 1. The van der Waals surface area contributed by atoms with E-state index in [1.165, 1.54) is 0 Å². The van der Waals surface area contributed by atoms with Gasteiger partial charge in [0.2, 0.25) is 9.84 Å². The third-order valence-corrected chi connectivity index (χ3v) is 5.75. The first-order valence-electron chi connectivity index (χ1n) is 8.04. The first kappa shape index (κ1) is 20.0. The maximum absolute atomic E-state index is 12.7. The molecule has 0 bridgehead atoms. The Bertz CT molecular complexity index is 1040. The van der Waals surface area contributed by atoms with Gasteiger partial charge in [0.25, 0.3) is 0 Å². The van der Waals surface area contributed by atoms with Crippen LogP contribution in [0.3, 0.4) is 0 Å². The molecule has 6 nitrogen and oxygen atoms in total. The summed E-state index contributed by atoms with van der Waals surface area (Å²) in [4.78, 5) is 9.62. The molecule has 0 aliphatic rings. The Labute approximate surface area is 158 Å². The lowest BCUT2D eigenvalue weighted by atomic mass is 10.0. The zero-order chi connectivity index (χ0) is 20.0. The van der Waals surface area contributed by atoms with Gasteiger partial charge in [-0.3, -0.25) is 0 Å². The Balaban J connectivity index is 0.000000596. The second kappa shape index (κ2) is 8.37. The van der Waals surface area contributed by atoms with Gasteiger partial charge in [-0.15, -0.1) is 0 Å². The molecule has 0 aromatic heterocycles. The van der Waals surface area contributed by atoms with Crippen LogP contribution in [0.2, 0.25) is 0 Å². The summed E-state index contributed by atoms with van der Waals surface area (Å²) in [5.74, 6) is 0. The minimum atomic E-state index is -3.51. The fourth-order valence-corrected chi connectivity index (χ4v) is 4.06. The zero-order valence-corrected chi connectivity index (χ0v) is 15.6. The average molecular weight is 383 g/mol. The van der Waals surface area contributed by atoms with Gasteiger partial charge < -0.3 is 17.2 Å². The SMILES string of the molecule is Cc1ccccc1S(=O)(=O)c1ccc(-c2ccccc2N)cc1.NC(N)=O. The minimum Gasteiger partial charge on any atom is -0.398 e. The monoisotopic (exact) mass is 383 g/mol. The molecule has 0 fully saturated rings. The van der Waals surface area contributed by atoms with Crippen molar-refractivity contribution >= 4 is 21.6 Å². The Morgan fingerprint density at radius 2 is 1.33 bits per heavy atom. The highest BCUT2D eigenvalue weighted by atomic mass is 32.2. The van der Waals surface area contributed by atoms with Crippen LogP contribution in [-0.2, 0) is 9.84 Å². The standard InChI is InChI=1S/C19H17NO2S.CH4N2O/c1-14-6-2-5-9-19(14)23(21,22)16-12-10-15(11-13-16)17-7-3-4-8-18(17)20;2-1(3)4/h2-13H,20H2,1H3;(H4,2,3,4). The van der Waals surface area contributed by atoms with Crippen molar-refractivity contribution in [3.63, 3.8) is 0 Å². The third kappa shape index (κ3) is 4.86. The third-order valence-electron chi connectivity index (χ3n) is 3.82. The van der Waals surface area contributed by atoms with E-state index in [1.807, 2.05) is 30.3 Å². The summed E-state index contributed by atoms with van der Waals surface area (Å²) in [6.45, 7) is 1.80. The molecule has 7 heteroatoms. The largest absolute Gasteiger partial charge is 0.398 e. The molecule has 27 heavy (non-hydrogen) atoms. The Hall–Kier alpha value is -3.32. The molecule has 0 spiro atoms. The number of hydrogen-bond donors (Lipinski definition) is 3. The van der Waals surface area contributed by atoms with Crippen molar-refractivity contribution in [1.82, 2.24) is 0 Å². The van der Waals surface area contributed by atoms with Gasteiger partial charge in [0.15, 0.2) is 0 Å². The molecule has 0 radical (unpaired) electrons. The predicted molar refractivity (Wildman–Crippen MR) is 107 cm³/mol. The van der Waals surface area contributed by atoms with E-state index in [9.17, 15) is 8.42 Å². The van der Waals surface area contributed by atoms with Crippen molar-refractivity contribution < 1.29 is 13.2 Å². The molecule has 0 heterocycles. The number of para-hydroxylation sites is 1. The highest BCUT2D eigenvalue weighted by Gasteiger charge is 2.19. The van der Waals surface area contributed by atoms with Crippen LogP contribution in [-0.4, -0.2) is 14.4 Å². The van der Waals surface area contributed by atoms with Crippen LogP contribution in [0.1, 0.15) is 5.56 Å². The van der Waals surface area contributed by atoms with Gasteiger partial charge >= 0.3 is 6.03 Å². The lowest BCUT2D eigenvalue weighted by Crippen LogP contribution is -2.18. The molecule has 3 rings (SSSR count). The Kier molecular flexibility index (Phi) is 6.20. The molecule has 0 unspecified atom stereocenters. The van der Waals surface area contributed by atoms with E-state index < -0.39 is 15.9 Å². The number of nitrogen functional groups attached to an aromatic ring is 1. The van der Waals surface area contributed by atoms with Crippen molar-refractivity contribution in [3.8, 4) is 11.1 Å². The Morgan fingerprint density at radius 3 is 1.89 bits per heavy atom. The number of hydrogen-bond acceptors (Lipinski definition) is 4. The molecule has 0 aliphatic carbocycles. The van der Waals surface area contributed by atoms with Crippen LogP contribution >= 0.6 is 0 Å². The lowest BCUT2D eigenvalue weighted by molar-refractivity contribution is 0.256. The highest BCUT2D eigenvalue weighted by Crippen LogP contribution is 2.29. The predicted octanol–water partition coefficient (Wildman–Crippen LogP) is 3.10. The smallest absolute Gasteiger partial charge is 0.309 e. The fraction of sp³-hybridized carbons (Fsp3) is 0.0500. The van der Waals surface area contributed by atoms with Crippen LogP contribution in [0, 0.1) is 6.92 Å². The second-order valence-corrected chi connectivity index (χ2v) is 7.70. The number of aryl methyl sites for hydroxylation is 1. The van der Waals surface area contributed by atoms with E-state index in [4.69, 9.17) is 10.5 Å². The van der Waals surface area contributed by atoms with E-state index in [0.29, 0.717) is 10.6 Å². The number of carbonyl (C=O) groups excluding carboxylic acids is 1. The van der Waals surface area contributed by atoms with Crippen LogP contribution in [0.15, 0.2) is 82.6 Å². The molecular weight excluding hydrogens is 362 g/mol. The normalized spacial score (nSPS) is 10.6. The first-order valence-corrected chi connectivity index (χ1v) is 9.52. The number of urea groups is 1. The van der Waals surface area contributed by atoms with Gasteiger partial charge in [0.1, 0.15) is 0 Å². The molecule has 0 aliphatic heterocycles. The van der Waals surface area contributed by atoms with Crippen molar-refractivity contribution in [3.05, 3.63) is 78.4 Å². The molecular formula is C20H21N3O3S. The van der Waals surface area contributed by atoms with E-state index in [-0.39, 0.29) is 4.90 Å². The van der Waals surface area contributed by atoms with Gasteiger partial charge in [-0.05, 0) is 42.3 Å². The number of amides is 2. The van der Waals surface area contributed by atoms with Crippen molar-refractivity contribution in [1.29, 1.82) is 0 Å². The van der Waals surface area contributed by atoms with Crippen LogP contribution in [0.25, 0.3) is 11.1 Å². The number of primary amides is 2. The van der Waals surface area contributed by atoms with Crippen molar-refractivity contribution in [2.75, 3.05) is 5.73 Å². The maximum atomic E-state index is 12.7. The summed E-state index contributed by atoms with van der Waals surface area (Å²) in [5.41, 5.74) is 17.7. The quantitative estimate of drug-likeness (QED) is 0.600. The van der Waals surface area contributed by atoms with Gasteiger partial charge in [-0.1, -0.05) is 48.5 Å². The van der Waals surface area contributed by atoms with Crippen molar-refractivity contribution in [2.24, 2.45) is 11.5 Å². The summed E-state index contributed by atoms with van der Waals surface area (Å²) in [6.07, 6.45) is 0. The highest BCUT2D eigenvalue weighted by molar-refractivity contribution is 7.91. The average Bonchev–Trinajstić information content (AvgIpc) is 2.62. The van der Waals surface area contributed by atoms with Gasteiger partial charge in [0, 0.05) is 11.3 Å². The Morgan fingerprint density at radius 1 is 0.815 bits per heavy atom. The molecule has 0 saturated carbocycles. The summed E-state index contributed by atoms with van der Waals surface area (Å²) >= 11 is 0. The van der Waals surface area contributed by atoms with E-state index >= 15 is 0 Å². The van der Waals surface area contributed by atoms with E-state index in [1.54, 1.807) is 49.4 Å². The summed E-state index contributed by atoms with van der Waals surface area (Å²) < 4.78 is 25.5. The number of sulfone groups is 1. The fourth-order valence-electron chi connectivity index (χ4n) is 2.56. The maximum Gasteiger partial charge on any atom is 0.309 e. The van der Waals surface area contributed by atoms with Gasteiger partial charge in [0.05, 0.1) is 9.79 Å². The number of benzene rings is 3. The van der Waals surface area contributed by atoms with Crippen LogP contribution in [0.4, 0.5) is 10.5 Å². The topological polar surface area (TPSA) is 129 Å². The lowest BCUT2D eigenvalue weighted by Gasteiger charge is -2.09. The molecule has 0 saturated heterocycles. The molecule has 0 atom stereocenters. The molecule has 3 aromatic carbocycles. The molecule has 140 valence electrons. The second-order valence-electron chi connectivity index (χ2n) is 5.78. The number of rotatable bonds is 3. The first-order chi connectivity index (χ1) is 12.7.